The van der Waals surface area contributed by atoms with Crippen molar-refractivity contribution in [2.45, 2.75) is 12.8 Å². The molecular weight excluding hydrogens is 250 g/mol. The van der Waals surface area contributed by atoms with Crippen LogP contribution in [-0.2, 0) is 4.79 Å². The van der Waals surface area contributed by atoms with Gasteiger partial charge >= 0.3 is 0 Å². The quantitative estimate of drug-likeness (QED) is 0.616. The van der Waals surface area contributed by atoms with E-state index < -0.39 is 10.3 Å². The third-order valence-corrected chi connectivity index (χ3v) is 3.37. The van der Waals surface area contributed by atoms with Crippen LogP contribution in [0.3, 0.4) is 0 Å². The highest BCUT2D eigenvalue weighted by Crippen LogP contribution is 2.46. The smallest absolute Gasteiger partial charge is 0.271 e. The molecule has 1 aromatic carbocycles. The minimum atomic E-state index is -0.523. The summed E-state index contributed by atoms with van der Waals surface area (Å²) in [5.74, 6) is 0.167. The van der Waals surface area contributed by atoms with E-state index in [0.29, 0.717) is 11.4 Å². The number of rotatable bonds is 5. The molecule has 3 N–H and O–H groups in total. The number of non-ortho nitro benzene ring substituents is 1. The Hall–Kier alpha value is -2.15. The first kappa shape index (κ1) is 13.3. The lowest BCUT2D eigenvalue weighted by molar-refractivity contribution is -0.384. The molecule has 7 nitrogen and oxygen atoms in total. The van der Waals surface area contributed by atoms with Gasteiger partial charge in [-0.15, -0.1) is 0 Å². The van der Waals surface area contributed by atoms with E-state index in [9.17, 15) is 14.9 Å². The van der Waals surface area contributed by atoms with Crippen LogP contribution in [0.5, 0.6) is 5.75 Å². The maximum atomic E-state index is 12.1. The lowest BCUT2D eigenvalue weighted by atomic mass is 10.1. The van der Waals surface area contributed by atoms with Gasteiger partial charge in [0.2, 0.25) is 5.91 Å². The normalized spacial score (nSPS) is 15.7. The summed E-state index contributed by atoms with van der Waals surface area (Å²) in [6.07, 6.45) is 1.49. The first-order chi connectivity index (χ1) is 9.02. The first-order valence-corrected chi connectivity index (χ1v) is 5.86. The van der Waals surface area contributed by atoms with Gasteiger partial charge in [0.25, 0.3) is 5.69 Å². The van der Waals surface area contributed by atoms with Gasteiger partial charge < -0.3 is 15.8 Å². The van der Waals surface area contributed by atoms with Gasteiger partial charge in [-0.2, -0.15) is 0 Å². The van der Waals surface area contributed by atoms with Crippen LogP contribution in [0.1, 0.15) is 12.8 Å². The highest BCUT2D eigenvalue weighted by Gasteiger charge is 2.48. The molecule has 1 amide bonds. The van der Waals surface area contributed by atoms with Crippen LogP contribution in [0.15, 0.2) is 18.2 Å². The first-order valence-electron chi connectivity index (χ1n) is 5.86. The number of hydrogen-bond acceptors (Lipinski definition) is 5. The number of nitrogens with two attached hydrogens (primary N) is 1. The van der Waals surface area contributed by atoms with Crippen LogP contribution < -0.4 is 15.8 Å². The molecular formula is C12H15N3O4. The fourth-order valence-electron chi connectivity index (χ4n) is 1.84. The molecule has 0 unspecified atom stereocenters. The third-order valence-electron chi connectivity index (χ3n) is 3.37. The molecule has 0 aliphatic heterocycles. The third kappa shape index (κ3) is 2.50. The van der Waals surface area contributed by atoms with Crippen molar-refractivity contribution in [3.8, 4) is 5.75 Å². The Morgan fingerprint density at radius 3 is 2.74 bits per heavy atom. The monoisotopic (exact) mass is 265 g/mol. The standard InChI is InChI=1S/C12H15N3O4/c1-19-10-3-2-8(15(17)18)6-9(10)14-11(16)12(7-13)4-5-12/h2-3,6H,4-5,7,13H2,1H3,(H,14,16). The van der Waals surface area contributed by atoms with Crippen LogP contribution in [-0.4, -0.2) is 24.5 Å². The number of nitrogens with zero attached hydrogens (tertiary/aromatic N) is 1. The van der Waals surface area contributed by atoms with Crippen molar-refractivity contribution in [1.82, 2.24) is 0 Å². The summed E-state index contributed by atoms with van der Waals surface area (Å²) in [6, 6.07) is 4.06. The molecule has 1 aromatic rings. The molecule has 19 heavy (non-hydrogen) atoms. The van der Waals surface area contributed by atoms with E-state index in [1.54, 1.807) is 0 Å². The van der Waals surface area contributed by atoms with E-state index >= 15 is 0 Å². The molecule has 0 atom stereocenters. The number of methoxy groups -OCH3 is 1. The van der Waals surface area contributed by atoms with Crippen LogP contribution in [0.4, 0.5) is 11.4 Å². The van der Waals surface area contributed by atoms with Gasteiger partial charge in [-0.3, -0.25) is 14.9 Å². The Kier molecular flexibility index (Phi) is 3.39. The van der Waals surface area contributed by atoms with E-state index in [2.05, 4.69) is 5.32 Å². The molecule has 102 valence electrons. The van der Waals surface area contributed by atoms with Gasteiger partial charge in [0, 0.05) is 18.7 Å². The molecule has 0 aromatic heterocycles. The molecule has 1 aliphatic rings. The largest absolute Gasteiger partial charge is 0.495 e. The number of nitrogens with one attached hydrogen (secondary N) is 1. The lowest BCUT2D eigenvalue weighted by Crippen LogP contribution is -2.31. The van der Waals surface area contributed by atoms with E-state index in [-0.39, 0.29) is 18.1 Å². The van der Waals surface area contributed by atoms with Gasteiger partial charge in [-0.05, 0) is 18.9 Å². The summed E-state index contributed by atoms with van der Waals surface area (Å²) in [5.41, 5.74) is 5.24. The van der Waals surface area contributed by atoms with Crippen LogP contribution >= 0.6 is 0 Å². The van der Waals surface area contributed by atoms with E-state index in [1.165, 1.54) is 25.3 Å². The summed E-state index contributed by atoms with van der Waals surface area (Å²) in [4.78, 5) is 22.3. The second-order valence-corrected chi connectivity index (χ2v) is 4.58. The molecule has 7 heteroatoms. The zero-order chi connectivity index (χ0) is 14.0. The zero-order valence-electron chi connectivity index (χ0n) is 10.5. The van der Waals surface area contributed by atoms with Crippen LogP contribution in [0, 0.1) is 15.5 Å². The van der Waals surface area contributed by atoms with Crippen molar-refractivity contribution in [1.29, 1.82) is 0 Å². The second kappa shape index (κ2) is 4.85. The second-order valence-electron chi connectivity index (χ2n) is 4.58. The minimum Gasteiger partial charge on any atom is -0.495 e. The van der Waals surface area contributed by atoms with Crippen LogP contribution in [0.2, 0.25) is 0 Å². The van der Waals surface area contributed by atoms with Crippen molar-refractivity contribution < 1.29 is 14.5 Å². The van der Waals surface area contributed by atoms with E-state index in [0.717, 1.165) is 12.8 Å². The zero-order valence-corrected chi connectivity index (χ0v) is 10.5. The molecule has 0 spiro atoms. The predicted molar refractivity (Wildman–Crippen MR) is 69.0 cm³/mol. The maximum Gasteiger partial charge on any atom is 0.271 e. The van der Waals surface area contributed by atoms with Gasteiger partial charge in [-0.25, -0.2) is 0 Å². The van der Waals surface area contributed by atoms with Gasteiger partial charge in [0.15, 0.2) is 0 Å². The summed E-state index contributed by atoms with van der Waals surface area (Å²) in [7, 11) is 1.44. The van der Waals surface area contributed by atoms with Crippen molar-refractivity contribution in [2.24, 2.45) is 11.1 Å². The molecule has 0 bridgehead atoms. The number of anilines is 1. The predicted octanol–water partition coefficient (Wildman–Crippen LogP) is 1.28. The number of nitro groups is 1. The topological polar surface area (TPSA) is 107 Å². The fourth-order valence-corrected chi connectivity index (χ4v) is 1.84. The Balaban J connectivity index is 2.25. The molecule has 0 radical (unpaired) electrons. The molecule has 1 fully saturated rings. The average Bonchev–Trinajstić information content (AvgIpc) is 3.19. The maximum absolute atomic E-state index is 12.1. The van der Waals surface area contributed by atoms with Crippen molar-refractivity contribution in [3.63, 3.8) is 0 Å². The van der Waals surface area contributed by atoms with Crippen molar-refractivity contribution in [2.75, 3.05) is 19.0 Å². The molecule has 0 heterocycles. The minimum absolute atomic E-state index is 0.103. The number of amides is 1. The van der Waals surface area contributed by atoms with Crippen molar-refractivity contribution >= 4 is 17.3 Å². The van der Waals surface area contributed by atoms with Gasteiger partial charge in [0.05, 0.1) is 23.1 Å². The Morgan fingerprint density at radius 1 is 1.58 bits per heavy atom. The number of benzene rings is 1. The summed E-state index contributed by atoms with van der Waals surface area (Å²) in [5, 5.41) is 13.4. The fraction of sp³-hybridized carbons (Fsp3) is 0.417. The van der Waals surface area contributed by atoms with Crippen LogP contribution in [0.25, 0.3) is 0 Å². The highest BCUT2D eigenvalue weighted by molar-refractivity contribution is 5.98. The van der Waals surface area contributed by atoms with E-state index in [1.807, 2.05) is 0 Å². The Morgan fingerprint density at radius 2 is 2.26 bits per heavy atom. The van der Waals surface area contributed by atoms with E-state index in [4.69, 9.17) is 10.5 Å². The molecule has 2 rings (SSSR count). The number of carbonyl (C=O) groups is 1. The Bertz CT molecular complexity index is 526. The lowest BCUT2D eigenvalue weighted by Gasteiger charge is -2.14. The average molecular weight is 265 g/mol. The number of nitro benzene ring substituents is 1. The highest BCUT2D eigenvalue weighted by atomic mass is 16.6. The summed E-state index contributed by atoms with van der Waals surface area (Å²) >= 11 is 0. The number of ether oxygens (including phenoxy) is 1. The molecule has 1 aliphatic carbocycles. The number of carbonyl (C=O) groups excluding carboxylic acids is 1. The van der Waals surface area contributed by atoms with Crippen molar-refractivity contribution in [3.05, 3.63) is 28.3 Å². The molecule has 1 saturated carbocycles. The summed E-state index contributed by atoms with van der Waals surface area (Å²) < 4.78 is 5.08. The SMILES string of the molecule is COc1ccc([N+](=O)[O-])cc1NC(=O)C1(CN)CC1. The molecule has 0 saturated heterocycles. The van der Waals surface area contributed by atoms with Gasteiger partial charge in [-0.1, -0.05) is 0 Å². The summed E-state index contributed by atoms with van der Waals surface area (Å²) in [6.45, 7) is 0.274. The Labute approximate surface area is 109 Å². The van der Waals surface area contributed by atoms with Gasteiger partial charge in [0.1, 0.15) is 5.75 Å². The number of hydrogen-bond donors (Lipinski definition) is 2.